The van der Waals surface area contributed by atoms with Crippen molar-refractivity contribution in [2.24, 2.45) is 0 Å². The van der Waals surface area contributed by atoms with E-state index in [1.54, 1.807) is 16.7 Å². The highest BCUT2D eigenvalue weighted by atomic mass is 35.5. The number of benzene rings is 1. The molecule has 0 saturated heterocycles. The van der Waals surface area contributed by atoms with Crippen molar-refractivity contribution in [2.45, 2.75) is 33.1 Å². The van der Waals surface area contributed by atoms with Gasteiger partial charge in [-0.2, -0.15) is 0 Å². The van der Waals surface area contributed by atoms with Crippen molar-refractivity contribution in [3.8, 4) is 0 Å². The number of hydrogen-bond acceptors (Lipinski definition) is 3. The highest BCUT2D eigenvalue weighted by Crippen LogP contribution is 2.28. The molecular weight excluding hydrogens is 303 g/mol. The zero-order valence-electron chi connectivity index (χ0n) is 11.1. The number of carbonyl (C=O) groups is 1. The van der Waals surface area contributed by atoms with Crippen molar-refractivity contribution < 1.29 is 14.6 Å². The van der Waals surface area contributed by atoms with Crippen molar-refractivity contribution in [1.82, 2.24) is 9.55 Å². The molecule has 1 aromatic heterocycles. The van der Waals surface area contributed by atoms with Gasteiger partial charge >= 0.3 is 5.97 Å². The van der Waals surface area contributed by atoms with Crippen LogP contribution in [-0.2, 0) is 22.7 Å². The Labute approximate surface area is 126 Å². The number of ether oxygens (including phenoxy) is 1. The van der Waals surface area contributed by atoms with E-state index in [2.05, 4.69) is 4.98 Å². The molecule has 0 aliphatic carbocycles. The molecule has 1 aromatic carbocycles. The third-order valence-corrected chi connectivity index (χ3v) is 3.43. The van der Waals surface area contributed by atoms with Gasteiger partial charge in [-0.05, 0) is 26.0 Å². The number of hydrogen-bond donors (Lipinski definition) is 1. The first-order chi connectivity index (χ1) is 9.38. The molecule has 0 atom stereocenters. The normalized spacial score (nSPS) is 11.4. The summed E-state index contributed by atoms with van der Waals surface area (Å²) in [4.78, 5) is 15.4. The van der Waals surface area contributed by atoms with Gasteiger partial charge in [0.1, 0.15) is 19.0 Å². The number of aliphatic carboxylic acids is 1. The lowest BCUT2D eigenvalue weighted by Crippen LogP contribution is -2.14. The van der Waals surface area contributed by atoms with Gasteiger partial charge < -0.3 is 14.4 Å². The van der Waals surface area contributed by atoms with Crippen LogP contribution in [0.25, 0.3) is 11.0 Å². The van der Waals surface area contributed by atoms with E-state index in [0.29, 0.717) is 26.9 Å². The number of carboxylic acid groups (broad SMARTS) is 1. The first-order valence-electron chi connectivity index (χ1n) is 6.06. The summed E-state index contributed by atoms with van der Waals surface area (Å²) in [5.74, 6) is -0.421. The van der Waals surface area contributed by atoms with Crippen molar-refractivity contribution >= 4 is 40.2 Å². The maximum atomic E-state index is 11.0. The first-order valence-corrected chi connectivity index (χ1v) is 6.81. The molecule has 108 valence electrons. The van der Waals surface area contributed by atoms with E-state index in [1.807, 2.05) is 13.8 Å². The molecular formula is C13H14Cl2N2O3. The van der Waals surface area contributed by atoms with Crippen LogP contribution in [-0.4, -0.2) is 26.7 Å². The fourth-order valence-corrected chi connectivity index (χ4v) is 2.15. The number of aromatic nitrogens is 2. The van der Waals surface area contributed by atoms with Crippen LogP contribution >= 0.6 is 23.2 Å². The first kappa shape index (κ1) is 15.1. The van der Waals surface area contributed by atoms with E-state index in [1.165, 1.54) is 0 Å². The van der Waals surface area contributed by atoms with Crippen molar-refractivity contribution in [1.29, 1.82) is 0 Å². The highest BCUT2D eigenvalue weighted by molar-refractivity contribution is 6.42. The zero-order chi connectivity index (χ0) is 14.9. The summed E-state index contributed by atoms with van der Waals surface area (Å²) in [7, 11) is 0. The number of nitrogens with zero attached hydrogens (tertiary/aromatic N) is 2. The number of halogens is 2. The second kappa shape index (κ2) is 5.99. The molecule has 5 nitrogen and oxygen atoms in total. The molecule has 0 radical (unpaired) electrons. The summed E-state index contributed by atoms with van der Waals surface area (Å²) in [6, 6.07) is 3.24. The number of fused-ring (bicyclic) bond motifs is 1. The largest absolute Gasteiger partial charge is 0.480 e. The average Bonchev–Trinajstić information content (AvgIpc) is 2.65. The Morgan fingerprint density at radius 2 is 2.05 bits per heavy atom. The molecule has 0 aliphatic rings. The Hall–Kier alpha value is -1.30. The van der Waals surface area contributed by atoms with Crippen LogP contribution in [0.15, 0.2) is 12.1 Å². The van der Waals surface area contributed by atoms with E-state index >= 15 is 0 Å². The smallest absolute Gasteiger partial charge is 0.323 e. The Kier molecular flexibility index (Phi) is 4.52. The molecule has 20 heavy (non-hydrogen) atoms. The van der Waals surface area contributed by atoms with Crippen LogP contribution < -0.4 is 0 Å². The second-order valence-corrected chi connectivity index (χ2v) is 5.44. The van der Waals surface area contributed by atoms with Gasteiger partial charge in [-0.3, -0.25) is 4.79 Å². The van der Waals surface area contributed by atoms with Crippen molar-refractivity contribution in [3.63, 3.8) is 0 Å². The van der Waals surface area contributed by atoms with Gasteiger partial charge in [-0.15, -0.1) is 0 Å². The van der Waals surface area contributed by atoms with Crippen LogP contribution in [0.1, 0.15) is 19.7 Å². The van der Waals surface area contributed by atoms with Gasteiger partial charge in [0.15, 0.2) is 0 Å². The van der Waals surface area contributed by atoms with Crippen molar-refractivity contribution in [3.05, 3.63) is 28.0 Å². The van der Waals surface area contributed by atoms with Gasteiger partial charge in [0.05, 0.1) is 27.2 Å². The molecule has 2 aromatic rings. The number of carboxylic acids is 1. The lowest BCUT2D eigenvalue weighted by atomic mass is 10.3. The van der Waals surface area contributed by atoms with E-state index in [9.17, 15) is 4.79 Å². The lowest BCUT2D eigenvalue weighted by Gasteiger charge is -2.09. The molecule has 0 amide bonds. The topological polar surface area (TPSA) is 64.4 Å². The fraction of sp³-hybridized carbons (Fsp3) is 0.385. The third kappa shape index (κ3) is 3.23. The fourth-order valence-electron chi connectivity index (χ4n) is 1.83. The Bertz CT molecular complexity index is 653. The Morgan fingerprint density at radius 1 is 1.40 bits per heavy atom. The van der Waals surface area contributed by atoms with Crippen molar-refractivity contribution in [2.75, 3.05) is 0 Å². The Balaban J connectivity index is 2.51. The third-order valence-electron chi connectivity index (χ3n) is 2.71. The van der Waals surface area contributed by atoms with Gasteiger partial charge in [-0.25, -0.2) is 4.98 Å². The summed E-state index contributed by atoms with van der Waals surface area (Å²) in [5, 5.41) is 9.77. The minimum absolute atomic E-state index is 0.0280. The highest BCUT2D eigenvalue weighted by Gasteiger charge is 2.15. The molecule has 0 fully saturated rings. The average molecular weight is 317 g/mol. The molecule has 0 spiro atoms. The minimum atomic E-state index is -0.957. The second-order valence-electron chi connectivity index (χ2n) is 4.62. The van der Waals surface area contributed by atoms with Gasteiger partial charge in [0.25, 0.3) is 0 Å². The summed E-state index contributed by atoms with van der Waals surface area (Å²) in [5.41, 5.74) is 1.23. The summed E-state index contributed by atoms with van der Waals surface area (Å²) >= 11 is 11.9. The van der Waals surface area contributed by atoms with E-state index in [4.69, 9.17) is 33.0 Å². The monoisotopic (exact) mass is 316 g/mol. The minimum Gasteiger partial charge on any atom is -0.480 e. The molecule has 0 aliphatic heterocycles. The van der Waals surface area contributed by atoms with Crippen LogP contribution in [0, 0.1) is 0 Å². The Morgan fingerprint density at radius 3 is 2.65 bits per heavy atom. The van der Waals surface area contributed by atoms with Gasteiger partial charge in [0.2, 0.25) is 0 Å². The molecule has 0 saturated carbocycles. The van der Waals surface area contributed by atoms with Crippen LogP contribution in [0.2, 0.25) is 10.0 Å². The summed E-state index contributed by atoms with van der Waals surface area (Å²) in [6.45, 7) is 3.83. The summed E-state index contributed by atoms with van der Waals surface area (Å²) in [6.07, 6.45) is 0.0280. The molecule has 7 heteroatoms. The number of imidazole rings is 1. The molecule has 0 bridgehead atoms. The molecule has 2 rings (SSSR count). The van der Waals surface area contributed by atoms with Crippen LogP contribution in [0.3, 0.4) is 0 Å². The van der Waals surface area contributed by atoms with E-state index < -0.39 is 5.97 Å². The summed E-state index contributed by atoms with van der Waals surface area (Å²) < 4.78 is 7.07. The molecule has 1 N–H and O–H groups in total. The van der Waals surface area contributed by atoms with Crippen LogP contribution in [0.5, 0.6) is 0 Å². The molecule has 1 heterocycles. The van der Waals surface area contributed by atoms with E-state index in [-0.39, 0.29) is 19.3 Å². The number of rotatable bonds is 5. The maximum Gasteiger partial charge on any atom is 0.323 e. The van der Waals surface area contributed by atoms with Crippen LogP contribution in [0.4, 0.5) is 0 Å². The van der Waals surface area contributed by atoms with Gasteiger partial charge in [-0.1, -0.05) is 23.2 Å². The molecule has 0 unspecified atom stereocenters. The lowest BCUT2D eigenvalue weighted by molar-refractivity contribution is -0.137. The standard InChI is InChI=1S/C13H14Cl2N2O3/c1-7(2)20-6-12-16-10-3-8(14)9(15)4-11(10)17(12)5-13(18)19/h3-4,7H,5-6H2,1-2H3,(H,18,19). The predicted molar refractivity (Wildman–Crippen MR) is 77.3 cm³/mol. The van der Waals surface area contributed by atoms with Gasteiger partial charge in [0, 0.05) is 0 Å². The SMILES string of the molecule is CC(C)OCc1nc2cc(Cl)c(Cl)cc2n1CC(=O)O. The van der Waals surface area contributed by atoms with E-state index in [0.717, 1.165) is 0 Å². The maximum absolute atomic E-state index is 11.0. The quantitative estimate of drug-likeness (QED) is 0.918. The predicted octanol–water partition coefficient (Wildman–Crippen LogP) is 3.35. The zero-order valence-corrected chi connectivity index (χ0v) is 12.6.